The average Bonchev–Trinajstić information content (AvgIpc) is 2.26. The number of fused-ring (bicyclic) bond motifs is 1. The zero-order valence-corrected chi connectivity index (χ0v) is 10.7. The van der Waals surface area contributed by atoms with Crippen molar-refractivity contribution in [3.8, 4) is 0 Å². The lowest BCUT2D eigenvalue weighted by atomic mass is 9.75. The molecule has 0 aromatic carbocycles. The summed E-state index contributed by atoms with van der Waals surface area (Å²) in [6.45, 7) is 6.40. The zero-order chi connectivity index (χ0) is 12.6. The highest BCUT2D eigenvalue weighted by atomic mass is 16.4. The van der Waals surface area contributed by atoms with Gasteiger partial charge >= 0.3 is 5.97 Å². The van der Waals surface area contributed by atoms with Crippen molar-refractivity contribution in [2.24, 2.45) is 5.41 Å². The van der Waals surface area contributed by atoms with Crippen LogP contribution >= 0.6 is 0 Å². The second-order valence-electron chi connectivity index (χ2n) is 5.59. The quantitative estimate of drug-likeness (QED) is 0.854. The number of hydrogen-bond donors (Lipinski definition) is 1. The number of aromatic nitrogens is 1. The van der Waals surface area contributed by atoms with E-state index in [2.05, 4.69) is 18.8 Å². The van der Waals surface area contributed by atoms with Gasteiger partial charge in [-0.15, -0.1) is 0 Å². The van der Waals surface area contributed by atoms with Crippen LogP contribution in [-0.2, 0) is 19.3 Å². The van der Waals surface area contributed by atoms with Crippen LogP contribution in [0.2, 0.25) is 0 Å². The number of aryl methyl sites for hydroxylation is 2. The summed E-state index contributed by atoms with van der Waals surface area (Å²) in [5.41, 5.74) is 3.58. The summed E-state index contributed by atoms with van der Waals surface area (Å²) in [5.74, 6) is -0.861. The molecule has 1 aliphatic carbocycles. The number of carbonyl (C=O) groups is 1. The van der Waals surface area contributed by atoms with Crippen LogP contribution in [0.3, 0.4) is 0 Å². The first-order valence-electron chi connectivity index (χ1n) is 6.18. The van der Waals surface area contributed by atoms with Crippen molar-refractivity contribution in [3.63, 3.8) is 0 Å². The van der Waals surface area contributed by atoms with Crippen LogP contribution < -0.4 is 0 Å². The lowest BCUT2D eigenvalue weighted by Gasteiger charge is -2.31. The maximum absolute atomic E-state index is 11.2. The van der Waals surface area contributed by atoms with Crippen LogP contribution in [0, 0.1) is 5.41 Å². The van der Waals surface area contributed by atoms with Gasteiger partial charge < -0.3 is 5.11 Å². The molecule has 0 fully saturated rings. The molecule has 2 rings (SSSR count). The van der Waals surface area contributed by atoms with Crippen LogP contribution in [0.25, 0.3) is 0 Å². The molecule has 1 aromatic rings. The summed E-state index contributed by atoms with van der Waals surface area (Å²) in [5, 5.41) is 9.19. The number of nitrogens with zero attached hydrogens (tertiary/aromatic N) is 1. The van der Waals surface area contributed by atoms with E-state index in [0.29, 0.717) is 12.0 Å². The Morgan fingerprint density at radius 3 is 2.82 bits per heavy atom. The maximum atomic E-state index is 11.2. The van der Waals surface area contributed by atoms with Crippen LogP contribution in [0.5, 0.6) is 0 Å². The molecule has 0 spiro atoms. The Morgan fingerprint density at radius 2 is 2.24 bits per heavy atom. The predicted octanol–water partition coefficient (Wildman–Crippen LogP) is 2.86. The summed E-state index contributed by atoms with van der Waals surface area (Å²) < 4.78 is 0. The van der Waals surface area contributed by atoms with Crippen molar-refractivity contribution in [1.82, 2.24) is 4.98 Å². The number of hydrogen-bond acceptors (Lipinski definition) is 2. The Morgan fingerprint density at radius 1 is 1.53 bits per heavy atom. The average molecular weight is 233 g/mol. The van der Waals surface area contributed by atoms with Gasteiger partial charge in [0.25, 0.3) is 0 Å². The fourth-order valence-electron chi connectivity index (χ4n) is 2.52. The molecule has 0 aliphatic heterocycles. The molecule has 0 saturated heterocycles. The van der Waals surface area contributed by atoms with Crippen LogP contribution in [0.1, 0.15) is 54.5 Å². The van der Waals surface area contributed by atoms with Gasteiger partial charge in [0.2, 0.25) is 0 Å². The van der Waals surface area contributed by atoms with Crippen molar-refractivity contribution >= 4 is 5.97 Å². The molecule has 3 nitrogen and oxygen atoms in total. The minimum atomic E-state index is -0.861. The largest absolute Gasteiger partial charge is 0.478 e. The van der Waals surface area contributed by atoms with Gasteiger partial charge in [-0.25, -0.2) is 4.79 Å². The molecule has 0 radical (unpaired) electrons. The molecule has 92 valence electrons. The molecule has 0 saturated carbocycles. The van der Waals surface area contributed by atoms with Gasteiger partial charge in [-0.2, -0.15) is 0 Å². The van der Waals surface area contributed by atoms with E-state index >= 15 is 0 Å². The monoisotopic (exact) mass is 233 g/mol. The molecule has 0 unspecified atom stereocenters. The molecule has 0 atom stereocenters. The number of rotatable bonds is 2. The van der Waals surface area contributed by atoms with Gasteiger partial charge in [-0.1, -0.05) is 20.8 Å². The maximum Gasteiger partial charge on any atom is 0.337 e. The summed E-state index contributed by atoms with van der Waals surface area (Å²) in [6, 6.07) is 1.84. The van der Waals surface area contributed by atoms with E-state index in [1.54, 1.807) is 0 Å². The number of carboxylic acids is 1. The Hall–Kier alpha value is -1.38. The Balaban J connectivity index is 2.49. The Labute approximate surface area is 102 Å². The van der Waals surface area contributed by atoms with E-state index in [1.165, 1.54) is 0 Å². The third kappa shape index (κ3) is 2.33. The summed E-state index contributed by atoms with van der Waals surface area (Å²) in [6.07, 6.45) is 3.70. The predicted molar refractivity (Wildman–Crippen MR) is 66.4 cm³/mol. The zero-order valence-electron chi connectivity index (χ0n) is 10.7. The Bertz CT molecular complexity index is 464. The first-order valence-corrected chi connectivity index (χ1v) is 6.18. The molecule has 17 heavy (non-hydrogen) atoms. The van der Waals surface area contributed by atoms with Gasteiger partial charge in [0.1, 0.15) is 0 Å². The normalized spacial score (nSPS) is 17.6. The van der Waals surface area contributed by atoms with Crippen LogP contribution in [0.4, 0.5) is 0 Å². The van der Waals surface area contributed by atoms with Crippen molar-refractivity contribution in [3.05, 3.63) is 28.6 Å². The van der Waals surface area contributed by atoms with Crippen molar-refractivity contribution in [1.29, 1.82) is 0 Å². The van der Waals surface area contributed by atoms with Gasteiger partial charge in [0.15, 0.2) is 0 Å². The molecule has 1 N–H and O–H groups in total. The highest BCUT2D eigenvalue weighted by molar-refractivity contribution is 5.89. The molecule has 1 heterocycles. The number of carboxylic acid groups (broad SMARTS) is 1. The lowest BCUT2D eigenvalue weighted by molar-refractivity contribution is 0.0694. The Kier molecular flexibility index (Phi) is 2.94. The second kappa shape index (κ2) is 4.13. The fourth-order valence-corrected chi connectivity index (χ4v) is 2.52. The van der Waals surface area contributed by atoms with Crippen molar-refractivity contribution < 1.29 is 9.90 Å². The smallest absolute Gasteiger partial charge is 0.337 e. The van der Waals surface area contributed by atoms with Gasteiger partial charge in [0.05, 0.1) is 11.3 Å². The van der Waals surface area contributed by atoms with E-state index in [-0.39, 0.29) is 5.41 Å². The van der Waals surface area contributed by atoms with E-state index in [9.17, 15) is 9.90 Å². The van der Waals surface area contributed by atoms with E-state index in [4.69, 9.17) is 0 Å². The SMILES string of the molecule is CCc1nc2c(cc1C(=O)O)CC(C)(C)CC2. The number of pyridine rings is 1. The second-order valence-corrected chi connectivity index (χ2v) is 5.59. The van der Waals surface area contributed by atoms with Crippen molar-refractivity contribution in [2.45, 2.75) is 46.5 Å². The topological polar surface area (TPSA) is 50.2 Å². The highest BCUT2D eigenvalue weighted by Gasteiger charge is 2.27. The van der Waals surface area contributed by atoms with E-state index in [1.807, 2.05) is 13.0 Å². The molecule has 0 amide bonds. The first kappa shape index (κ1) is 12.1. The third-order valence-corrected chi connectivity index (χ3v) is 3.54. The lowest BCUT2D eigenvalue weighted by Crippen LogP contribution is -2.24. The van der Waals surface area contributed by atoms with Gasteiger partial charge in [-0.3, -0.25) is 4.98 Å². The minimum absolute atomic E-state index is 0.262. The van der Waals surface area contributed by atoms with E-state index < -0.39 is 5.97 Å². The van der Waals surface area contributed by atoms with E-state index in [0.717, 1.165) is 36.2 Å². The molecule has 1 aromatic heterocycles. The highest BCUT2D eigenvalue weighted by Crippen LogP contribution is 2.34. The standard InChI is InChI=1S/C14H19NO2/c1-4-11-10(13(16)17)7-9-8-14(2,3)6-5-12(9)15-11/h7H,4-6,8H2,1-3H3,(H,16,17). The minimum Gasteiger partial charge on any atom is -0.478 e. The summed E-state index contributed by atoms with van der Waals surface area (Å²) in [7, 11) is 0. The number of aromatic carboxylic acids is 1. The molecule has 3 heteroatoms. The van der Waals surface area contributed by atoms with Crippen LogP contribution in [-0.4, -0.2) is 16.1 Å². The summed E-state index contributed by atoms with van der Waals surface area (Å²) >= 11 is 0. The molecule has 1 aliphatic rings. The third-order valence-electron chi connectivity index (χ3n) is 3.54. The first-order chi connectivity index (χ1) is 7.93. The van der Waals surface area contributed by atoms with Crippen molar-refractivity contribution in [2.75, 3.05) is 0 Å². The summed E-state index contributed by atoms with van der Waals surface area (Å²) in [4.78, 5) is 15.7. The molecular formula is C14H19NO2. The molecule has 0 bridgehead atoms. The van der Waals surface area contributed by atoms with Crippen LogP contribution in [0.15, 0.2) is 6.07 Å². The van der Waals surface area contributed by atoms with Gasteiger partial charge in [-0.05, 0) is 42.7 Å². The fraction of sp³-hybridized carbons (Fsp3) is 0.571. The van der Waals surface area contributed by atoms with Gasteiger partial charge in [0, 0.05) is 5.69 Å². The molecular weight excluding hydrogens is 214 g/mol.